The summed E-state index contributed by atoms with van der Waals surface area (Å²) in [6, 6.07) is 21.1. The third kappa shape index (κ3) is 23.6. The number of Topliss-reactive ketones (excluding diaryl/α,β-unsaturated/α-hetero) is 4. The standard InChI is InChI=1S/C26H27F3N4O2.C25H28F2N4O2S.C24H26F2N6O3S.C24H26F2N4O2S/c1-13-8-14(9-21(31)26(13)35-2)16-6-7-32-12-15(16)10-22(34)25-20(30)11-19(29)24(33-25)23-17(27)4-3-5-18(23)28;1-3-33-23-13(2)9-14(10-19(23)28)16-7-8-30-12-15(16)11-20(32)22-24(29)34-25(31-22)21-17(26)5-4-6-18(21)27;1-12-10-32(11-16(27)20(12)31-24(34)35-2)17-6-7-29-9-13(17)8-18(33)21-22(28)36-23(30-21)19-14(25)4-3-5-15(19)26;1-12-8-13(9-18(27)22(12)32-2)15-6-7-29-11-14(15)10-19(31)21-23(28)33-24(30-21)20-16(25)4-3-5-17(20)26/h3-7,11-14,21,26H,8-10,30-31H2,1-2H3;4-8,12-14,19,23H,3,9-11,28-29H2,1-2H3;3-7,9,12,16,20H,8,10-11,27-28H2,1-2H3,(H,31,34);3-7,11-13,18,22H,8-10,27-28H2,1-2H3/t13-,14+,21+,26+;13-,14-,19+,23+;12-,16+,20-;12-,13+,18+,22+/m0100/s1. The number of anilines is 5. The zero-order chi connectivity index (χ0) is 99.4. The topological polar surface area (TPSA) is 449 Å². The number of alkyl carbamates (subject to hydrolysis) is 1. The van der Waals surface area contributed by atoms with Crippen LogP contribution in [-0.4, -0.2) is 159 Å². The third-order valence-electron chi connectivity index (χ3n) is 25.5. The van der Waals surface area contributed by atoms with Crippen LogP contribution in [0.3, 0.4) is 0 Å². The number of methoxy groups -OCH3 is 3. The number of piperidine rings is 1. The van der Waals surface area contributed by atoms with Crippen LogP contribution in [0.15, 0.2) is 153 Å². The quantitative estimate of drug-likeness (QED) is 0.0189. The SMILES string of the molecule is CCO[C@H]1[C@H](C)C[C@@H](c2ccncc2CC(=O)c2nc(-c3c(F)cccc3F)sc2N)C[C@@H]1N.COC(=O)N[C@@H]1[C@H](N)CN(c2ccncc2CC(=O)c2nc(-c3c(F)cccc3F)sc2N)C[C@@H]1C.CO[C@H]1[C@H](N)C[C@H](c2ccncc2CC(=O)c2nc(-c3c(F)cccc3F)c(F)cc2N)C[C@@H]1C.CO[C@H]1[C@H](N)C[C@H](c2ccncc2CC(=O)c2nc(-c3c(F)cccc3F)sc2N)C[C@@H]1C. The first-order valence-electron chi connectivity index (χ1n) is 44.6. The van der Waals surface area contributed by atoms with Gasteiger partial charge >= 0.3 is 6.09 Å². The van der Waals surface area contributed by atoms with Crippen LogP contribution in [0.1, 0.15) is 172 Å². The average molecular weight is 1960 g/mol. The number of pyridine rings is 5. The summed E-state index contributed by atoms with van der Waals surface area (Å²) in [5.41, 5.74) is 53.4. The van der Waals surface area contributed by atoms with Gasteiger partial charge in [-0.15, -0.1) is 0 Å². The molecule has 0 bridgehead atoms. The van der Waals surface area contributed by atoms with E-state index >= 15 is 0 Å². The smallest absolute Gasteiger partial charge is 0.407 e. The largest absolute Gasteiger partial charge is 0.453 e. The van der Waals surface area contributed by atoms with Gasteiger partial charge in [-0.3, -0.25) is 39.1 Å². The Morgan fingerprint density at radius 3 is 1.08 bits per heavy atom. The van der Waals surface area contributed by atoms with Crippen molar-refractivity contribution in [2.45, 2.75) is 165 Å². The van der Waals surface area contributed by atoms with E-state index in [4.69, 9.17) is 64.8 Å². The van der Waals surface area contributed by atoms with Gasteiger partial charge in [-0.05, 0) is 193 Å². The predicted molar refractivity (Wildman–Crippen MR) is 512 cm³/mol. The normalized spacial score (nSPS) is 21.8. The first kappa shape index (κ1) is 103. The molecule has 27 nitrogen and oxygen atoms in total. The molecule has 3 saturated carbocycles. The van der Waals surface area contributed by atoms with Crippen LogP contribution in [-0.2, 0) is 44.6 Å². The molecule has 16 rings (SSSR count). The number of rotatable bonds is 25. The molecule has 728 valence electrons. The number of ketones is 4. The molecule has 4 aliphatic rings. The van der Waals surface area contributed by atoms with Gasteiger partial charge in [-0.25, -0.2) is 64.2 Å². The molecule has 4 aromatic carbocycles. The fourth-order valence-corrected chi connectivity index (χ4v) is 21.9. The summed E-state index contributed by atoms with van der Waals surface area (Å²) < 4.78 is 150. The van der Waals surface area contributed by atoms with Crippen LogP contribution in [0.25, 0.3) is 43.0 Å². The van der Waals surface area contributed by atoms with E-state index in [1.807, 2.05) is 36.9 Å². The third-order valence-corrected chi connectivity index (χ3v) is 28.2. The monoisotopic (exact) mass is 1960 g/mol. The Morgan fingerprint density at radius 1 is 0.406 bits per heavy atom. The van der Waals surface area contributed by atoms with Crippen molar-refractivity contribution in [3.05, 3.63) is 267 Å². The van der Waals surface area contributed by atoms with Gasteiger partial charge in [0.25, 0.3) is 0 Å². The number of nitrogens with zero attached hydrogens (tertiary/aromatic N) is 9. The fourth-order valence-electron chi connectivity index (χ4n) is 19.2. The van der Waals surface area contributed by atoms with E-state index in [-0.39, 0.29) is 202 Å². The number of aromatic nitrogens is 8. The van der Waals surface area contributed by atoms with Gasteiger partial charge in [0.1, 0.15) is 105 Å². The first-order valence-corrected chi connectivity index (χ1v) is 47.1. The van der Waals surface area contributed by atoms with E-state index in [1.165, 1.54) is 25.3 Å². The maximum Gasteiger partial charge on any atom is 0.407 e. The summed E-state index contributed by atoms with van der Waals surface area (Å²) in [6.07, 6.45) is 17.3. The van der Waals surface area contributed by atoms with Gasteiger partial charge in [-0.1, -0.05) is 86.0 Å². The van der Waals surface area contributed by atoms with Crippen LogP contribution in [0.5, 0.6) is 0 Å². The second kappa shape index (κ2) is 45.9. The Balaban J connectivity index is 0.000000155. The van der Waals surface area contributed by atoms with E-state index < -0.39 is 81.3 Å². The number of nitrogen functional groups attached to an aromatic ring is 4. The molecule has 0 radical (unpaired) electrons. The number of carbonyl (C=O) groups is 5. The molecule has 15 atom stereocenters. The van der Waals surface area contributed by atoms with Crippen molar-refractivity contribution in [2.75, 3.05) is 68.9 Å². The zero-order valence-corrected chi connectivity index (χ0v) is 79.2. The molecule has 1 aliphatic heterocycles. The van der Waals surface area contributed by atoms with Crippen LogP contribution in [0.2, 0.25) is 0 Å². The number of carbonyl (C=O) groups excluding carboxylic acids is 5. The number of halogens is 9. The van der Waals surface area contributed by atoms with E-state index in [0.717, 1.165) is 160 Å². The number of thiazole rings is 3. The van der Waals surface area contributed by atoms with Gasteiger partial charge in [0.2, 0.25) is 0 Å². The van der Waals surface area contributed by atoms with Gasteiger partial charge in [0.15, 0.2) is 29.0 Å². The van der Waals surface area contributed by atoms with Crippen molar-refractivity contribution >= 4 is 89.6 Å². The lowest BCUT2D eigenvalue weighted by atomic mass is 9.73. The molecule has 4 fully saturated rings. The number of hydrogen-bond acceptors (Lipinski definition) is 29. The Labute approximate surface area is 802 Å². The molecule has 12 aromatic rings. The minimum atomic E-state index is -1.03. The fraction of sp³-hybridized carbons (Fsp3) is 0.364. The molecule has 0 spiro atoms. The van der Waals surface area contributed by atoms with Gasteiger partial charge in [0, 0.05) is 151 Å². The highest BCUT2D eigenvalue weighted by Crippen LogP contribution is 2.45. The molecule has 0 unspecified atom stereocenters. The summed E-state index contributed by atoms with van der Waals surface area (Å²) in [5.74, 6) is -7.98. The van der Waals surface area contributed by atoms with Crippen LogP contribution in [0, 0.1) is 76.0 Å². The lowest BCUT2D eigenvalue weighted by Crippen LogP contribution is -2.62. The molecule has 9 heterocycles. The van der Waals surface area contributed by atoms with Gasteiger partial charge in [0.05, 0.1) is 59.4 Å². The molecule has 1 saturated heterocycles. The maximum absolute atomic E-state index is 14.6. The average Bonchev–Trinajstić information content (AvgIpc) is 1.46. The molecule has 8 aromatic heterocycles. The van der Waals surface area contributed by atoms with E-state index in [1.54, 1.807) is 69.9 Å². The Bertz CT molecular complexity index is 6270. The lowest BCUT2D eigenvalue weighted by Gasteiger charge is -2.42. The van der Waals surface area contributed by atoms with Crippen LogP contribution >= 0.6 is 34.0 Å². The van der Waals surface area contributed by atoms with Crippen molar-refractivity contribution in [3.8, 4) is 43.0 Å². The maximum atomic E-state index is 14.6. The van der Waals surface area contributed by atoms with Crippen LogP contribution < -0.4 is 56.1 Å². The van der Waals surface area contributed by atoms with Gasteiger partial charge < -0.3 is 75.0 Å². The molecule has 1 amide bonds. The Morgan fingerprint density at radius 2 is 0.739 bits per heavy atom. The van der Waals surface area contributed by atoms with Crippen molar-refractivity contribution < 1.29 is 82.4 Å². The molecule has 138 heavy (non-hydrogen) atoms. The van der Waals surface area contributed by atoms with Crippen LogP contribution in [0.4, 0.5) is 70.7 Å². The molecule has 17 N–H and O–H groups in total. The first-order chi connectivity index (χ1) is 66.0. The molecule has 3 aliphatic carbocycles. The minimum absolute atomic E-state index is 0.000160. The number of benzene rings is 4. The Kier molecular flexibility index (Phi) is 34.2. The number of ether oxygens (including phenoxy) is 4. The number of nitrogens with one attached hydrogen (secondary N) is 1. The Hall–Kier alpha value is -12.4. The summed E-state index contributed by atoms with van der Waals surface area (Å²) >= 11 is 2.64. The zero-order valence-electron chi connectivity index (χ0n) is 76.7. The van der Waals surface area contributed by atoms with Crippen molar-refractivity contribution in [3.63, 3.8) is 0 Å². The summed E-state index contributed by atoms with van der Waals surface area (Å²) in [5, 5.41) is 3.19. The highest BCUT2D eigenvalue weighted by molar-refractivity contribution is 7.19. The van der Waals surface area contributed by atoms with Crippen molar-refractivity contribution in [1.82, 2.24) is 45.2 Å². The predicted octanol–water partition coefficient (Wildman–Crippen LogP) is 16.5. The molecular formula is C99H107F9N18O9S3. The summed E-state index contributed by atoms with van der Waals surface area (Å²) in [4.78, 5) is 99.6. The van der Waals surface area contributed by atoms with E-state index in [2.05, 4.69) is 66.0 Å². The number of amides is 1. The highest BCUT2D eigenvalue weighted by Gasteiger charge is 2.41. The molecular weight excluding hydrogens is 1850 g/mol. The minimum Gasteiger partial charge on any atom is -0.453 e. The molecule has 39 heteroatoms. The summed E-state index contributed by atoms with van der Waals surface area (Å²) in [7, 11) is 4.63. The lowest BCUT2D eigenvalue weighted by molar-refractivity contribution is -0.0163. The second-order valence-electron chi connectivity index (χ2n) is 34.9. The second-order valence-corrected chi connectivity index (χ2v) is 38.0. The summed E-state index contributed by atoms with van der Waals surface area (Å²) in [6.45, 7) is 11.9. The van der Waals surface area contributed by atoms with E-state index in [0.29, 0.717) is 37.2 Å². The highest BCUT2D eigenvalue weighted by atomic mass is 32.1. The number of hydrogen-bond donors (Lipinski definition) is 9. The van der Waals surface area contributed by atoms with E-state index in [9.17, 15) is 63.5 Å². The number of nitrogens with two attached hydrogens (primary N) is 8. The van der Waals surface area contributed by atoms with Crippen molar-refractivity contribution in [1.29, 1.82) is 0 Å². The van der Waals surface area contributed by atoms with Crippen molar-refractivity contribution in [2.24, 2.45) is 46.6 Å². The van der Waals surface area contributed by atoms with Gasteiger partial charge in [-0.2, -0.15) is 0 Å².